The molecule has 2 amide bonds. The van der Waals surface area contributed by atoms with Gasteiger partial charge in [0.15, 0.2) is 0 Å². The highest BCUT2D eigenvalue weighted by Gasteiger charge is 2.15. The molecule has 128 valence electrons. The van der Waals surface area contributed by atoms with Crippen molar-refractivity contribution in [2.24, 2.45) is 0 Å². The smallest absolute Gasteiger partial charge is 0.313 e. The molecule has 2 N–H and O–H groups in total. The molecule has 0 aromatic heterocycles. The molecule has 0 aliphatic heterocycles. The largest absolute Gasteiger partial charge is 0.381 e. The van der Waals surface area contributed by atoms with Gasteiger partial charge in [0.05, 0.1) is 0 Å². The Kier molecular flexibility index (Phi) is 8.98. The third-order valence-electron chi connectivity index (χ3n) is 3.43. The lowest BCUT2D eigenvalue weighted by molar-refractivity contribution is -0.136. The van der Waals surface area contributed by atoms with Gasteiger partial charge in [-0.2, -0.15) is 0 Å². The number of carbonyl (C=O) groups is 2. The number of para-hydroxylation sites is 1. The van der Waals surface area contributed by atoms with Crippen LogP contribution in [0.2, 0.25) is 0 Å². The lowest BCUT2D eigenvalue weighted by Crippen LogP contribution is -2.36. The number of anilines is 1. The second-order valence-electron chi connectivity index (χ2n) is 5.77. The third kappa shape index (κ3) is 7.28. The molecule has 5 nitrogen and oxygen atoms in total. The summed E-state index contributed by atoms with van der Waals surface area (Å²) in [4.78, 5) is 23.7. The highest BCUT2D eigenvalue weighted by atomic mass is 16.5. The normalized spacial score (nSPS) is 10.6. The standard InChI is InChI=1S/C18H28N2O3/c1-4-5-12-23-13-8-11-19-17(21)18(22)20-16-10-7-6-9-15(16)14(2)3/h6-7,9-10,14H,4-5,8,11-13H2,1-3H3,(H,19,21)(H,20,22). The minimum Gasteiger partial charge on any atom is -0.381 e. The summed E-state index contributed by atoms with van der Waals surface area (Å²) in [5.41, 5.74) is 1.70. The number of carbonyl (C=O) groups excluding carboxylic acids is 2. The fraction of sp³-hybridized carbons (Fsp3) is 0.556. The number of hydrogen-bond donors (Lipinski definition) is 2. The van der Waals surface area contributed by atoms with Gasteiger partial charge in [0, 0.05) is 25.4 Å². The molecule has 1 aromatic carbocycles. The van der Waals surface area contributed by atoms with Gasteiger partial charge in [0.25, 0.3) is 0 Å². The third-order valence-corrected chi connectivity index (χ3v) is 3.43. The first kappa shape index (κ1) is 19.2. The molecular formula is C18H28N2O3. The van der Waals surface area contributed by atoms with Gasteiger partial charge in [-0.15, -0.1) is 0 Å². The Hall–Kier alpha value is -1.88. The number of ether oxygens (including phenoxy) is 1. The van der Waals surface area contributed by atoms with Crippen LogP contribution in [0.15, 0.2) is 24.3 Å². The number of benzene rings is 1. The predicted molar refractivity (Wildman–Crippen MR) is 92.5 cm³/mol. The van der Waals surface area contributed by atoms with Gasteiger partial charge in [-0.1, -0.05) is 45.4 Å². The summed E-state index contributed by atoms with van der Waals surface area (Å²) in [6, 6.07) is 7.52. The van der Waals surface area contributed by atoms with Crippen LogP contribution in [0, 0.1) is 0 Å². The summed E-state index contributed by atoms with van der Waals surface area (Å²) >= 11 is 0. The van der Waals surface area contributed by atoms with Crippen molar-refractivity contribution in [3.8, 4) is 0 Å². The molecule has 5 heteroatoms. The number of hydrogen-bond acceptors (Lipinski definition) is 3. The highest BCUT2D eigenvalue weighted by Crippen LogP contribution is 2.23. The Bertz CT molecular complexity index is 501. The first-order valence-corrected chi connectivity index (χ1v) is 8.32. The van der Waals surface area contributed by atoms with E-state index in [1.54, 1.807) is 0 Å². The lowest BCUT2D eigenvalue weighted by atomic mass is 10.0. The van der Waals surface area contributed by atoms with Crippen LogP contribution in [-0.2, 0) is 14.3 Å². The maximum Gasteiger partial charge on any atom is 0.313 e. The van der Waals surface area contributed by atoms with Crippen LogP contribution < -0.4 is 10.6 Å². The molecule has 0 unspecified atom stereocenters. The van der Waals surface area contributed by atoms with Crippen molar-refractivity contribution in [1.29, 1.82) is 0 Å². The van der Waals surface area contributed by atoms with Crippen LogP contribution in [-0.4, -0.2) is 31.6 Å². The molecule has 1 rings (SSSR count). The van der Waals surface area contributed by atoms with E-state index in [1.165, 1.54) is 0 Å². The first-order chi connectivity index (χ1) is 11.1. The molecule has 0 saturated carbocycles. The molecular weight excluding hydrogens is 292 g/mol. The monoisotopic (exact) mass is 320 g/mol. The van der Waals surface area contributed by atoms with E-state index in [0.29, 0.717) is 25.3 Å². The zero-order chi connectivity index (χ0) is 17.1. The summed E-state index contributed by atoms with van der Waals surface area (Å²) < 4.78 is 5.40. The Balaban J connectivity index is 2.33. The van der Waals surface area contributed by atoms with Crippen molar-refractivity contribution in [2.75, 3.05) is 25.1 Å². The molecule has 0 bridgehead atoms. The fourth-order valence-corrected chi connectivity index (χ4v) is 2.10. The average molecular weight is 320 g/mol. The van der Waals surface area contributed by atoms with Crippen LogP contribution in [0.4, 0.5) is 5.69 Å². The topological polar surface area (TPSA) is 67.4 Å². The summed E-state index contributed by atoms with van der Waals surface area (Å²) in [7, 11) is 0. The van der Waals surface area contributed by atoms with Gasteiger partial charge in [-0.3, -0.25) is 9.59 Å². The van der Waals surface area contributed by atoms with Crippen LogP contribution in [0.1, 0.15) is 51.5 Å². The van der Waals surface area contributed by atoms with Crippen LogP contribution in [0.3, 0.4) is 0 Å². The van der Waals surface area contributed by atoms with Crippen LogP contribution >= 0.6 is 0 Å². The van der Waals surface area contributed by atoms with Gasteiger partial charge < -0.3 is 15.4 Å². The number of amides is 2. The molecule has 0 heterocycles. The second kappa shape index (κ2) is 10.8. The van der Waals surface area contributed by atoms with Crippen molar-refractivity contribution in [3.63, 3.8) is 0 Å². The van der Waals surface area contributed by atoms with Crippen molar-refractivity contribution in [3.05, 3.63) is 29.8 Å². The summed E-state index contributed by atoms with van der Waals surface area (Å²) in [6.45, 7) is 7.98. The first-order valence-electron chi connectivity index (χ1n) is 8.32. The molecule has 0 aliphatic carbocycles. The highest BCUT2D eigenvalue weighted by molar-refractivity contribution is 6.39. The van der Waals surface area contributed by atoms with E-state index in [4.69, 9.17) is 4.74 Å². The summed E-state index contributed by atoms with van der Waals surface area (Å²) in [5, 5.41) is 5.29. The Morgan fingerprint density at radius 3 is 2.48 bits per heavy atom. The minimum atomic E-state index is -0.634. The van der Waals surface area contributed by atoms with E-state index in [-0.39, 0.29) is 5.92 Å². The molecule has 0 spiro atoms. The molecule has 0 atom stereocenters. The molecule has 23 heavy (non-hydrogen) atoms. The van der Waals surface area contributed by atoms with Gasteiger partial charge in [0.2, 0.25) is 0 Å². The van der Waals surface area contributed by atoms with Crippen LogP contribution in [0.5, 0.6) is 0 Å². The maximum atomic E-state index is 11.9. The van der Waals surface area contributed by atoms with Gasteiger partial charge in [-0.25, -0.2) is 0 Å². The van der Waals surface area contributed by atoms with Gasteiger partial charge >= 0.3 is 11.8 Å². The van der Waals surface area contributed by atoms with E-state index < -0.39 is 11.8 Å². The number of nitrogens with one attached hydrogen (secondary N) is 2. The van der Waals surface area contributed by atoms with Crippen molar-refractivity contribution >= 4 is 17.5 Å². The zero-order valence-corrected chi connectivity index (χ0v) is 14.4. The Labute approximate surface area is 138 Å². The quantitative estimate of drug-likeness (QED) is 0.543. The molecule has 0 aliphatic rings. The van der Waals surface area contributed by atoms with E-state index in [1.807, 2.05) is 38.1 Å². The van der Waals surface area contributed by atoms with Crippen molar-refractivity contribution < 1.29 is 14.3 Å². The SMILES string of the molecule is CCCCOCCCNC(=O)C(=O)Nc1ccccc1C(C)C. The molecule has 1 aromatic rings. The second-order valence-corrected chi connectivity index (χ2v) is 5.77. The van der Waals surface area contributed by atoms with Crippen molar-refractivity contribution in [2.45, 2.75) is 46.0 Å². The Morgan fingerprint density at radius 1 is 1.09 bits per heavy atom. The molecule has 0 fully saturated rings. The summed E-state index contributed by atoms with van der Waals surface area (Å²) in [6.07, 6.45) is 2.85. The average Bonchev–Trinajstić information content (AvgIpc) is 2.54. The summed E-state index contributed by atoms with van der Waals surface area (Å²) in [5.74, 6) is -0.975. The molecule has 0 saturated heterocycles. The minimum absolute atomic E-state index is 0.273. The maximum absolute atomic E-state index is 11.9. The predicted octanol–water partition coefficient (Wildman–Crippen LogP) is 3.07. The van der Waals surface area contributed by atoms with Crippen LogP contribution in [0.25, 0.3) is 0 Å². The number of unbranched alkanes of at least 4 members (excludes halogenated alkanes) is 1. The fourth-order valence-electron chi connectivity index (χ4n) is 2.10. The Morgan fingerprint density at radius 2 is 1.78 bits per heavy atom. The lowest BCUT2D eigenvalue weighted by Gasteiger charge is -2.13. The van der Waals surface area contributed by atoms with E-state index in [2.05, 4.69) is 17.6 Å². The number of rotatable bonds is 9. The van der Waals surface area contributed by atoms with E-state index >= 15 is 0 Å². The molecule has 0 radical (unpaired) electrons. The zero-order valence-electron chi connectivity index (χ0n) is 14.4. The van der Waals surface area contributed by atoms with Gasteiger partial charge in [-0.05, 0) is 30.4 Å². The van der Waals surface area contributed by atoms with E-state index in [0.717, 1.165) is 25.0 Å². The van der Waals surface area contributed by atoms with Gasteiger partial charge in [0.1, 0.15) is 0 Å². The van der Waals surface area contributed by atoms with E-state index in [9.17, 15) is 9.59 Å². The van der Waals surface area contributed by atoms with Crippen molar-refractivity contribution in [1.82, 2.24) is 5.32 Å².